The molecule has 0 radical (unpaired) electrons. The number of carbonyl (C=O) groups is 2. The van der Waals surface area contributed by atoms with Gasteiger partial charge in [-0.25, -0.2) is 0 Å². The topological polar surface area (TPSA) is 81.2 Å². The standard InChI is InChI=1S/C19H17ClN4O3S/c20-14-7-5-13(6-8-14)18-21-22-19(24(18)11-15-3-2-10-27-15)28-12-17(26)23-9-1-4-16(23)25/h2-3,5-8,10H,1,4,9,11-12H2. The van der Waals surface area contributed by atoms with Crippen LogP contribution in [0.5, 0.6) is 0 Å². The molecule has 0 saturated carbocycles. The van der Waals surface area contributed by atoms with E-state index < -0.39 is 0 Å². The van der Waals surface area contributed by atoms with Crippen molar-refractivity contribution >= 4 is 35.2 Å². The van der Waals surface area contributed by atoms with Gasteiger partial charge in [0, 0.05) is 23.6 Å². The van der Waals surface area contributed by atoms with Gasteiger partial charge in [-0.2, -0.15) is 0 Å². The van der Waals surface area contributed by atoms with Gasteiger partial charge in [0.15, 0.2) is 11.0 Å². The number of rotatable bonds is 6. The van der Waals surface area contributed by atoms with E-state index in [1.54, 1.807) is 18.4 Å². The molecule has 0 aliphatic carbocycles. The fraction of sp³-hybridized carbons (Fsp3) is 0.263. The van der Waals surface area contributed by atoms with E-state index in [0.717, 1.165) is 17.7 Å². The Balaban J connectivity index is 1.58. The Labute approximate surface area is 170 Å². The molecule has 4 rings (SSSR count). The minimum Gasteiger partial charge on any atom is -0.467 e. The van der Waals surface area contributed by atoms with E-state index in [1.807, 2.05) is 28.8 Å². The Kier molecular flexibility index (Phi) is 5.50. The number of hydrogen-bond acceptors (Lipinski definition) is 6. The molecule has 0 atom stereocenters. The maximum atomic E-state index is 12.4. The molecule has 0 spiro atoms. The first kappa shape index (κ1) is 18.8. The van der Waals surface area contributed by atoms with Gasteiger partial charge in [-0.05, 0) is 42.8 Å². The van der Waals surface area contributed by atoms with Gasteiger partial charge in [0.1, 0.15) is 5.76 Å². The van der Waals surface area contributed by atoms with E-state index in [4.69, 9.17) is 16.0 Å². The number of aromatic nitrogens is 3. The van der Waals surface area contributed by atoms with Crippen molar-refractivity contribution in [2.45, 2.75) is 24.5 Å². The van der Waals surface area contributed by atoms with Crippen LogP contribution in [0.1, 0.15) is 18.6 Å². The predicted octanol–water partition coefficient (Wildman–Crippen LogP) is 3.48. The zero-order valence-corrected chi connectivity index (χ0v) is 16.4. The van der Waals surface area contributed by atoms with Crippen LogP contribution in [-0.4, -0.2) is 43.8 Å². The minimum absolute atomic E-state index is 0.107. The maximum Gasteiger partial charge on any atom is 0.239 e. The van der Waals surface area contributed by atoms with Gasteiger partial charge >= 0.3 is 0 Å². The zero-order valence-electron chi connectivity index (χ0n) is 14.9. The summed E-state index contributed by atoms with van der Waals surface area (Å²) in [6, 6.07) is 11.0. The Hall–Kier alpha value is -2.58. The van der Waals surface area contributed by atoms with Crippen molar-refractivity contribution in [1.29, 1.82) is 0 Å². The van der Waals surface area contributed by atoms with Crippen LogP contribution in [0.4, 0.5) is 0 Å². The second kappa shape index (κ2) is 8.20. The summed E-state index contributed by atoms with van der Waals surface area (Å²) in [6.07, 6.45) is 2.77. The third kappa shape index (κ3) is 3.98. The lowest BCUT2D eigenvalue weighted by Crippen LogP contribution is -2.33. The molecule has 1 fully saturated rings. The van der Waals surface area contributed by atoms with Crippen LogP contribution in [0.3, 0.4) is 0 Å². The highest BCUT2D eigenvalue weighted by molar-refractivity contribution is 7.99. The van der Waals surface area contributed by atoms with Crippen LogP contribution in [-0.2, 0) is 16.1 Å². The normalized spacial score (nSPS) is 14.0. The second-order valence-corrected chi connectivity index (χ2v) is 7.69. The molecule has 3 heterocycles. The molecule has 1 aromatic carbocycles. The largest absolute Gasteiger partial charge is 0.467 e. The van der Waals surface area contributed by atoms with Gasteiger partial charge in [-0.3, -0.25) is 19.1 Å². The Morgan fingerprint density at radius 1 is 1.21 bits per heavy atom. The predicted molar refractivity (Wildman–Crippen MR) is 105 cm³/mol. The summed E-state index contributed by atoms with van der Waals surface area (Å²) >= 11 is 7.25. The van der Waals surface area contributed by atoms with Crippen LogP contribution in [0.2, 0.25) is 5.02 Å². The molecular formula is C19H17ClN4O3S. The number of benzene rings is 1. The number of halogens is 1. The highest BCUT2D eigenvalue weighted by atomic mass is 35.5. The molecular weight excluding hydrogens is 400 g/mol. The van der Waals surface area contributed by atoms with E-state index in [0.29, 0.717) is 35.5 Å². The highest BCUT2D eigenvalue weighted by Crippen LogP contribution is 2.27. The lowest BCUT2D eigenvalue weighted by Gasteiger charge is -2.13. The van der Waals surface area contributed by atoms with Crippen molar-refractivity contribution in [3.05, 3.63) is 53.4 Å². The number of thioether (sulfide) groups is 1. The summed E-state index contributed by atoms with van der Waals surface area (Å²) in [4.78, 5) is 25.4. The zero-order chi connectivity index (χ0) is 19.5. The first-order chi connectivity index (χ1) is 13.6. The van der Waals surface area contributed by atoms with Crippen LogP contribution in [0.25, 0.3) is 11.4 Å². The quantitative estimate of drug-likeness (QED) is 0.572. The molecule has 9 heteroatoms. The van der Waals surface area contributed by atoms with Crippen molar-refractivity contribution in [2.75, 3.05) is 12.3 Å². The first-order valence-electron chi connectivity index (χ1n) is 8.79. The lowest BCUT2D eigenvalue weighted by molar-refractivity contribution is -0.140. The van der Waals surface area contributed by atoms with Gasteiger partial charge < -0.3 is 4.42 Å². The monoisotopic (exact) mass is 416 g/mol. The summed E-state index contributed by atoms with van der Waals surface area (Å²) in [5.74, 6) is 1.22. The van der Waals surface area contributed by atoms with E-state index in [2.05, 4.69) is 10.2 Å². The molecule has 0 N–H and O–H groups in total. The average molecular weight is 417 g/mol. The van der Waals surface area contributed by atoms with Crippen molar-refractivity contribution < 1.29 is 14.0 Å². The summed E-state index contributed by atoms with van der Waals surface area (Å²) < 4.78 is 7.36. The van der Waals surface area contributed by atoms with Gasteiger partial charge in [-0.15, -0.1) is 10.2 Å². The van der Waals surface area contributed by atoms with Crippen LogP contribution >= 0.6 is 23.4 Å². The van der Waals surface area contributed by atoms with Crippen molar-refractivity contribution in [3.8, 4) is 11.4 Å². The Morgan fingerprint density at radius 3 is 2.71 bits per heavy atom. The minimum atomic E-state index is -0.201. The molecule has 3 aromatic rings. The fourth-order valence-corrected chi connectivity index (χ4v) is 3.96. The molecule has 144 valence electrons. The number of carbonyl (C=O) groups excluding carboxylic acids is 2. The number of amides is 2. The molecule has 2 aromatic heterocycles. The third-order valence-corrected chi connectivity index (χ3v) is 5.62. The van der Waals surface area contributed by atoms with Gasteiger partial charge in [-0.1, -0.05) is 23.4 Å². The average Bonchev–Trinajstić information content (AvgIpc) is 3.43. The summed E-state index contributed by atoms with van der Waals surface area (Å²) in [5, 5.41) is 9.78. The third-order valence-electron chi connectivity index (χ3n) is 4.41. The molecule has 2 amide bonds. The number of hydrogen-bond donors (Lipinski definition) is 0. The number of likely N-dealkylation sites (tertiary alicyclic amines) is 1. The first-order valence-corrected chi connectivity index (χ1v) is 10.2. The van der Waals surface area contributed by atoms with Gasteiger partial charge in [0.25, 0.3) is 0 Å². The molecule has 0 bridgehead atoms. The van der Waals surface area contributed by atoms with Crippen LogP contribution in [0.15, 0.2) is 52.2 Å². The molecule has 28 heavy (non-hydrogen) atoms. The van der Waals surface area contributed by atoms with Gasteiger partial charge in [0.05, 0.1) is 18.6 Å². The van der Waals surface area contributed by atoms with Crippen LogP contribution in [0, 0.1) is 0 Å². The van der Waals surface area contributed by atoms with E-state index >= 15 is 0 Å². The summed E-state index contributed by atoms with van der Waals surface area (Å²) in [5.41, 5.74) is 0.858. The smallest absolute Gasteiger partial charge is 0.239 e. The Morgan fingerprint density at radius 2 is 2.04 bits per heavy atom. The van der Waals surface area contributed by atoms with Gasteiger partial charge in [0.2, 0.25) is 11.8 Å². The van der Waals surface area contributed by atoms with Crippen LogP contribution < -0.4 is 0 Å². The molecule has 1 saturated heterocycles. The summed E-state index contributed by atoms with van der Waals surface area (Å²) in [7, 11) is 0. The van der Waals surface area contributed by atoms with E-state index in [-0.39, 0.29) is 17.6 Å². The van der Waals surface area contributed by atoms with E-state index in [9.17, 15) is 9.59 Å². The van der Waals surface area contributed by atoms with E-state index in [1.165, 1.54) is 16.7 Å². The van der Waals surface area contributed by atoms with Crippen molar-refractivity contribution in [3.63, 3.8) is 0 Å². The number of imide groups is 1. The lowest BCUT2D eigenvalue weighted by atomic mass is 10.2. The number of nitrogens with zero attached hydrogens (tertiary/aromatic N) is 4. The number of furan rings is 1. The van der Waals surface area contributed by atoms with Crippen molar-refractivity contribution in [1.82, 2.24) is 19.7 Å². The molecule has 0 unspecified atom stereocenters. The highest BCUT2D eigenvalue weighted by Gasteiger charge is 2.27. The molecule has 1 aliphatic rings. The van der Waals surface area contributed by atoms with Crippen molar-refractivity contribution in [2.24, 2.45) is 0 Å². The SMILES string of the molecule is O=C1CCCN1C(=O)CSc1nnc(-c2ccc(Cl)cc2)n1Cc1ccco1. The Bertz CT molecular complexity index is 985. The molecule has 7 nitrogen and oxygen atoms in total. The molecule has 1 aliphatic heterocycles. The summed E-state index contributed by atoms with van der Waals surface area (Å²) in [6.45, 7) is 0.921. The second-order valence-electron chi connectivity index (χ2n) is 6.31. The maximum absolute atomic E-state index is 12.4. The fourth-order valence-electron chi connectivity index (χ4n) is 3.02.